The Hall–Kier alpha value is -1.84. The first kappa shape index (κ1) is 18.5. The number of nitrogens with one attached hydrogen (secondary N) is 1. The van der Waals surface area contributed by atoms with Crippen molar-refractivity contribution in [2.75, 3.05) is 52.5 Å². The van der Waals surface area contributed by atoms with E-state index in [-0.39, 0.29) is 16.7 Å². The molecule has 148 valence electrons. The molecule has 3 heterocycles. The van der Waals surface area contributed by atoms with E-state index in [1.165, 1.54) is 10.4 Å². The third kappa shape index (κ3) is 3.76. The van der Waals surface area contributed by atoms with Gasteiger partial charge < -0.3 is 19.7 Å². The molecule has 1 aromatic rings. The molecule has 9 heteroatoms. The highest BCUT2D eigenvalue weighted by atomic mass is 32.2. The molecule has 0 saturated carbocycles. The van der Waals surface area contributed by atoms with Crippen LogP contribution in [0.25, 0.3) is 0 Å². The van der Waals surface area contributed by atoms with Gasteiger partial charge in [-0.1, -0.05) is 0 Å². The fraction of sp³-hybridized carbons (Fsp3) is 0.611. The van der Waals surface area contributed by atoms with E-state index in [4.69, 9.17) is 9.47 Å². The number of benzene rings is 1. The van der Waals surface area contributed by atoms with Gasteiger partial charge in [-0.15, -0.1) is 0 Å². The van der Waals surface area contributed by atoms with Crippen molar-refractivity contribution in [3.8, 4) is 11.5 Å². The van der Waals surface area contributed by atoms with Gasteiger partial charge in [-0.05, 0) is 31.5 Å². The molecule has 4 rings (SSSR count). The summed E-state index contributed by atoms with van der Waals surface area (Å²) in [6.07, 6.45) is 1.49. The fourth-order valence-corrected chi connectivity index (χ4v) is 5.30. The number of ether oxygens (including phenoxy) is 2. The first-order valence-corrected chi connectivity index (χ1v) is 10.9. The minimum absolute atomic E-state index is 0.0194. The van der Waals surface area contributed by atoms with E-state index in [9.17, 15) is 13.2 Å². The summed E-state index contributed by atoms with van der Waals surface area (Å²) in [5, 5.41) is 3.21. The highest BCUT2D eigenvalue weighted by Crippen LogP contribution is 2.33. The molecule has 2 fully saturated rings. The van der Waals surface area contributed by atoms with Crippen LogP contribution >= 0.6 is 0 Å². The van der Waals surface area contributed by atoms with Gasteiger partial charge in [-0.3, -0.25) is 4.79 Å². The number of hydrogen-bond acceptors (Lipinski definition) is 6. The van der Waals surface area contributed by atoms with Gasteiger partial charge >= 0.3 is 0 Å². The van der Waals surface area contributed by atoms with Crippen LogP contribution in [0.5, 0.6) is 11.5 Å². The van der Waals surface area contributed by atoms with Gasteiger partial charge in [0.05, 0.1) is 10.8 Å². The van der Waals surface area contributed by atoms with Gasteiger partial charge in [-0.25, -0.2) is 8.42 Å². The fourth-order valence-electron chi connectivity index (χ4n) is 3.81. The molecule has 1 amide bonds. The summed E-state index contributed by atoms with van der Waals surface area (Å²) in [4.78, 5) is 14.6. The summed E-state index contributed by atoms with van der Waals surface area (Å²) in [7, 11) is -3.64. The molecule has 2 saturated heterocycles. The lowest BCUT2D eigenvalue weighted by Crippen LogP contribution is -2.40. The second kappa shape index (κ2) is 7.65. The molecule has 0 radical (unpaired) electrons. The van der Waals surface area contributed by atoms with Crippen molar-refractivity contribution < 1.29 is 22.7 Å². The highest BCUT2D eigenvalue weighted by molar-refractivity contribution is 7.89. The SMILES string of the molecule is O=C(C1CCNC1)N1CCCN(S(=O)(=O)c2ccc3c(c2)OCCO3)CC1. The second-order valence-electron chi connectivity index (χ2n) is 7.08. The minimum Gasteiger partial charge on any atom is -0.486 e. The average Bonchev–Trinajstić information content (AvgIpc) is 3.11. The van der Waals surface area contributed by atoms with Crippen molar-refractivity contribution in [3.05, 3.63) is 18.2 Å². The van der Waals surface area contributed by atoms with Crippen LogP contribution in [0.2, 0.25) is 0 Å². The van der Waals surface area contributed by atoms with Crippen molar-refractivity contribution in [2.45, 2.75) is 17.7 Å². The largest absolute Gasteiger partial charge is 0.486 e. The standard InChI is InChI=1S/C18H25N3O5S/c22-18(14-4-5-19-13-14)20-6-1-7-21(9-8-20)27(23,24)15-2-3-16-17(12-15)26-11-10-25-16/h2-3,12,14,19H,1,4-11,13H2. The molecule has 1 unspecified atom stereocenters. The molecule has 1 aromatic carbocycles. The molecular formula is C18H25N3O5S. The van der Waals surface area contributed by atoms with Gasteiger partial charge in [0.25, 0.3) is 0 Å². The topological polar surface area (TPSA) is 88.2 Å². The summed E-state index contributed by atoms with van der Waals surface area (Å²) in [6, 6.07) is 4.73. The van der Waals surface area contributed by atoms with Gasteiger partial charge in [0, 0.05) is 38.8 Å². The monoisotopic (exact) mass is 395 g/mol. The molecule has 0 spiro atoms. The number of carbonyl (C=O) groups is 1. The Morgan fingerprint density at radius 3 is 2.67 bits per heavy atom. The average molecular weight is 395 g/mol. The highest BCUT2D eigenvalue weighted by Gasteiger charge is 2.32. The first-order valence-electron chi connectivity index (χ1n) is 9.45. The Morgan fingerprint density at radius 1 is 1.07 bits per heavy atom. The van der Waals surface area contributed by atoms with Gasteiger partial charge in [0.2, 0.25) is 15.9 Å². The summed E-state index contributed by atoms with van der Waals surface area (Å²) in [6.45, 7) is 4.20. The Kier molecular flexibility index (Phi) is 5.25. The second-order valence-corrected chi connectivity index (χ2v) is 9.02. The summed E-state index contributed by atoms with van der Waals surface area (Å²) < 4.78 is 38.6. The van der Waals surface area contributed by atoms with Crippen LogP contribution in [0, 0.1) is 5.92 Å². The smallest absolute Gasteiger partial charge is 0.243 e. The van der Waals surface area contributed by atoms with Crippen LogP contribution < -0.4 is 14.8 Å². The van der Waals surface area contributed by atoms with Crippen molar-refractivity contribution in [2.24, 2.45) is 5.92 Å². The van der Waals surface area contributed by atoms with Crippen molar-refractivity contribution in [1.82, 2.24) is 14.5 Å². The molecule has 3 aliphatic rings. The Balaban J connectivity index is 1.47. The van der Waals surface area contributed by atoms with E-state index in [1.54, 1.807) is 12.1 Å². The molecule has 0 aromatic heterocycles. The Labute approximate surface area is 159 Å². The van der Waals surface area contributed by atoms with Gasteiger partial charge in [-0.2, -0.15) is 4.31 Å². The van der Waals surface area contributed by atoms with E-state index in [2.05, 4.69) is 5.32 Å². The zero-order chi connectivity index (χ0) is 18.9. The molecular weight excluding hydrogens is 370 g/mol. The lowest BCUT2D eigenvalue weighted by molar-refractivity contribution is -0.134. The zero-order valence-electron chi connectivity index (χ0n) is 15.2. The molecule has 1 atom stereocenters. The molecule has 3 aliphatic heterocycles. The molecule has 0 aliphatic carbocycles. The third-order valence-corrected chi connectivity index (χ3v) is 7.22. The lowest BCUT2D eigenvalue weighted by atomic mass is 10.1. The van der Waals surface area contributed by atoms with Gasteiger partial charge in [0.1, 0.15) is 13.2 Å². The number of nitrogens with zero attached hydrogens (tertiary/aromatic N) is 2. The Morgan fingerprint density at radius 2 is 1.89 bits per heavy atom. The van der Waals surface area contributed by atoms with E-state index >= 15 is 0 Å². The lowest BCUT2D eigenvalue weighted by Gasteiger charge is -2.24. The number of amides is 1. The van der Waals surface area contributed by atoms with Crippen LogP contribution in [0.1, 0.15) is 12.8 Å². The van der Waals surface area contributed by atoms with E-state index < -0.39 is 10.0 Å². The molecule has 27 heavy (non-hydrogen) atoms. The number of sulfonamides is 1. The molecule has 8 nitrogen and oxygen atoms in total. The molecule has 1 N–H and O–H groups in total. The maximum absolute atomic E-state index is 13.1. The van der Waals surface area contributed by atoms with E-state index in [1.807, 2.05) is 4.90 Å². The van der Waals surface area contributed by atoms with E-state index in [0.717, 1.165) is 13.0 Å². The zero-order valence-corrected chi connectivity index (χ0v) is 16.0. The summed E-state index contributed by atoms with van der Waals surface area (Å²) in [5.41, 5.74) is 0. The van der Waals surface area contributed by atoms with Crippen LogP contribution in [0.3, 0.4) is 0 Å². The van der Waals surface area contributed by atoms with Crippen LogP contribution in [0.15, 0.2) is 23.1 Å². The predicted octanol–water partition coefficient (Wildman–Crippen LogP) is 0.290. The van der Waals surface area contributed by atoms with Crippen LogP contribution in [-0.4, -0.2) is 76.0 Å². The summed E-state index contributed by atoms with van der Waals surface area (Å²) >= 11 is 0. The first-order chi connectivity index (χ1) is 13.1. The number of hydrogen-bond donors (Lipinski definition) is 1. The maximum atomic E-state index is 13.1. The third-order valence-electron chi connectivity index (χ3n) is 5.33. The predicted molar refractivity (Wildman–Crippen MR) is 98.4 cm³/mol. The maximum Gasteiger partial charge on any atom is 0.243 e. The Bertz CT molecular complexity index is 807. The van der Waals surface area contributed by atoms with Crippen LogP contribution in [0.4, 0.5) is 0 Å². The quantitative estimate of drug-likeness (QED) is 0.792. The van der Waals surface area contributed by atoms with Crippen molar-refractivity contribution in [3.63, 3.8) is 0 Å². The summed E-state index contributed by atoms with van der Waals surface area (Å²) in [5.74, 6) is 1.19. The van der Waals surface area contributed by atoms with E-state index in [0.29, 0.717) is 63.9 Å². The number of rotatable bonds is 3. The number of carbonyl (C=O) groups excluding carboxylic acids is 1. The van der Waals surface area contributed by atoms with Crippen LogP contribution in [-0.2, 0) is 14.8 Å². The normalized spacial score (nSPS) is 23.9. The van der Waals surface area contributed by atoms with Gasteiger partial charge in [0.15, 0.2) is 11.5 Å². The molecule has 0 bridgehead atoms. The number of fused-ring (bicyclic) bond motifs is 1. The van der Waals surface area contributed by atoms with Crippen molar-refractivity contribution >= 4 is 15.9 Å². The minimum atomic E-state index is -3.64. The van der Waals surface area contributed by atoms with Crippen molar-refractivity contribution in [1.29, 1.82) is 0 Å².